The molecule has 10 nitrogen and oxygen atoms in total. The minimum Gasteiger partial charge on any atom is -0.455 e. The van der Waals surface area contributed by atoms with Crippen LogP contribution in [-0.2, 0) is 39.2 Å². The van der Waals surface area contributed by atoms with E-state index >= 15 is 0 Å². The zero-order chi connectivity index (χ0) is 33.9. The minimum absolute atomic E-state index is 0.226. The van der Waals surface area contributed by atoms with Crippen molar-refractivity contribution in [1.29, 1.82) is 0 Å². The number of carbonyl (C=O) groups excluding carboxylic acids is 2. The van der Waals surface area contributed by atoms with Crippen LogP contribution < -0.4 is 0 Å². The van der Waals surface area contributed by atoms with E-state index in [1.54, 1.807) is 56.3 Å². The molecule has 5 fully saturated rings. The van der Waals surface area contributed by atoms with E-state index in [1.807, 2.05) is 49.4 Å². The van der Waals surface area contributed by atoms with Crippen LogP contribution >= 0.6 is 0 Å². The van der Waals surface area contributed by atoms with E-state index in [1.165, 1.54) is 6.08 Å². The van der Waals surface area contributed by atoms with Gasteiger partial charge in [-0.3, -0.25) is 4.79 Å². The largest absolute Gasteiger partial charge is 0.455 e. The van der Waals surface area contributed by atoms with Crippen molar-refractivity contribution in [3.63, 3.8) is 0 Å². The number of aliphatic hydroxyl groups excluding tert-OH is 2. The number of esters is 1. The molecule has 0 spiro atoms. The molecule has 6 aliphatic rings. The maximum atomic E-state index is 13.9. The van der Waals surface area contributed by atoms with Crippen LogP contribution in [0.15, 0.2) is 103 Å². The van der Waals surface area contributed by atoms with Gasteiger partial charge in [-0.2, -0.15) is 0 Å². The molecule has 2 aromatic carbocycles. The molecule has 3 bridgehead atoms. The summed E-state index contributed by atoms with van der Waals surface area (Å²) < 4.78 is 33.4. The van der Waals surface area contributed by atoms with Gasteiger partial charge in [0.1, 0.15) is 30.0 Å². The highest BCUT2D eigenvalue weighted by Gasteiger charge is 2.90. The molecule has 3 aliphatic heterocycles. The number of epoxide rings is 1. The maximum Gasteiger partial charge on any atom is 0.331 e. The quantitative estimate of drug-likeness (QED) is 0.134. The minimum atomic E-state index is -2.43. The van der Waals surface area contributed by atoms with E-state index in [0.29, 0.717) is 11.1 Å². The number of benzene rings is 2. The Hall–Kier alpha value is -3.74. The van der Waals surface area contributed by atoms with Gasteiger partial charge < -0.3 is 39.0 Å². The van der Waals surface area contributed by atoms with Crippen LogP contribution in [0.25, 0.3) is 6.08 Å². The Morgan fingerprint density at radius 3 is 2.38 bits per heavy atom. The first-order valence-electron chi connectivity index (χ1n) is 16.2. The van der Waals surface area contributed by atoms with Crippen LogP contribution in [0.5, 0.6) is 0 Å². The third-order valence-electron chi connectivity index (χ3n) is 11.5. The summed E-state index contributed by atoms with van der Waals surface area (Å²) in [7, 11) is 0. The SMILES string of the molecule is C=C(C)[C@@]12OC3(c4ccccc4)O[C@@H]1C1C4O[C@]4(CO)[C@@H](O)[C@]4(O)C(=O)C(C)=C[C@H]4[C@@]1(O3)[C@H](C)[C@H]2OC(=O)/C=C/C=C/c1ccccc1. The summed E-state index contributed by atoms with van der Waals surface area (Å²) in [5, 5.41) is 34.9. The monoisotopic (exact) mass is 654 g/mol. The number of hydrogen-bond donors (Lipinski definition) is 3. The van der Waals surface area contributed by atoms with Crippen molar-refractivity contribution in [2.45, 2.75) is 73.6 Å². The smallest absolute Gasteiger partial charge is 0.331 e. The zero-order valence-corrected chi connectivity index (χ0v) is 26.8. The van der Waals surface area contributed by atoms with Crippen molar-refractivity contribution in [2.75, 3.05) is 6.61 Å². The Morgan fingerprint density at radius 1 is 1.02 bits per heavy atom. The van der Waals surface area contributed by atoms with E-state index < -0.39 is 88.9 Å². The van der Waals surface area contributed by atoms with Gasteiger partial charge in [0.25, 0.3) is 0 Å². The summed E-state index contributed by atoms with van der Waals surface area (Å²) >= 11 is 0. The predicted octanol–water partition coefficient (Wildman–Crippen LogP) is 3.12. The topological polar surface area (TPSA) is 144 Å². The van der Waals surface area contributed by atoms with Crippen LogP contribution in [-0.4, -0.2) is 80.5 Å². The van der Waals surface area contributed by atoms with Crippen molar-refractivity contribution in [2.24, 2.45) is 17.8 Å². The molecule has 8 rings (SSSR count). The molecule has 12 atom stereocenters. The summed E-state index contributed by atoms with van der Waals surface area (Å²) in [6.07, 6.45) is 3.34. The third kappa shape index (κ3) is 3.76. The fourth-order valence-electron chi connectivity index (χ4n) is 9.34. The summed E-state index contributed by atoms with van der Waals surface area (Å²) in [5.41, 5.74) is -4.99. The number of aliphatic hydroxyl groups is 3. The number of fused-ring (bicyclic) bond motifs is 3. The second-order valence-corrected chi connectivity index (χ2v) is 13.9. The molecule has 3 unspecified atom stereocenters. The molecular formula is C38H38O10. The van der Waals surface area contributed by atoms with Crippen molar-refractivity contribution < 1.29 is 48.6 Å². The lowest BCUT2D eigenvalue weighted by molar-refractivity contribution is -0.440. The summed E-state index contributed by atoms with van der Waals surface area (Å²) in [6.45, 7) is 8.79. The number of ketones is 1. The first kappa shape index (κ1) is 31.5. The van der Waals surface area contributed by atoms with Gasteiger partial charge in [0.05, 0.1) is 12.2 Å². The molecule has 3 N–H and O–H groups in total. The molecule has 0 amide bonds. The van der Waals surface area contributed by atoms with Gasteiger partial charge in [-0.05, 0) is 30.6 Å². The molecule has 2 saturated carbocycles. The average molecular weight is 655 g/mol. The fraction of sp³-hybridized carbons (Fsp3) is 0.421. The van der Waals surface area contributed by atoms with E-state index in [2.05, 4.69) is 6.58 Å². The number of ether oxygens (including phenoxy) is 5. The van der Waals surface area contributed by atoms with E-state index in [4.69, 9.17) is 23.7 Å². The first-order valence-corrected chi connectivity index (χ1v) is 16.2. The molecule has 0 aromatic heterocycles. The van der Waals surface area contributed by atoms with Crippen molar-refractivity contribution in [1.82, 2.24) is 0 Å². The molecule has 2 aromatic rings. The third-order valence-corrected chi connectivity index (χ3v) is 11.5. The Labute approximate surface area is 277 Å². The molecule has 250 valence electrons. The Kier molecular flexibility index (Phi) is 6.82. The molecular weight excluding hydrogens is 616 g/mol. The van der Waals surface area contributed by atoms with Gasteiger partial charge in [-0.1, -0.05) is 98.5 Å². The lowest BCUT2D eigenvalue weighted by Gasteiger charge is -2.61. The highest BCUT2D eigenvalue weighted by atomic mass is 16.9. The Morgan fingerprint density at radius 2 is 1.71 bits per heavy atom. The van der Waals surface area contributed by atoms with Crippen LogP contribution in [0.3, 0.4) is 0 Å². The van der Waals surface area contributed by atoms with Gasteiger partial charge >= 0.3 is 11.9 Å². The molecule has 48 heavy (non-hydrogen) atoms. The normalized spacial score (nSPS) is 45.0. The van der Waals surface area contributed by atoms with Gasteiger partial charge in [-0.15, -0.1) is 0 Å². The zero-order valence-electron chi connectivity index (χ0n) is 26.8. The van der Waals surface area contributed by atoms with E-state index in [-0.39, 0.29) is 5.57 Å². The molecule has 3 saturated heterocycles. The standard InChI is InChI=1S/C38H38O10/c1-21(2)36-30(44-27(40)18-12-11-15-24-13-7-5-8-14-24)23(4)37-26-19-22(3)29(41)35(26,43)33(42)34(20-39)31(45-34)28(37)32(36)46-38(47-36,48-37)25-16-9-6-10-17-25/h5-19,23,26,28,30-33,39,42-43H,1,20H2,2-4H3/b15-11+,18-12+/t23-,26-,28?,30-,31?,32-,33-,34+,35-,36+,37+,38?/m1/s1. The summed E-state index contributed by atoms with van der Waals surface area (Å²) in [6, 6.07) is 18.6. The van der Waals surface area contributed by atoms with Crippen LogP contribution in [0, 0.1) is 17.8 Å². The lowest BCUT2D eigenvalue weighted by Crippen LogP contribution is -2.76. The molecule has 3 aliphatic carbocycles. The summed E-state index contributed by atoms with van der Waals surface area (Å²) in [4.78, 5) is 27.5. The molecule has 10 heteroatoms. The molecule has 3 heterocycles. The van der Waals surface area contributed by atoms with Crippen molar-refractivity contribution >= 4 is 17.8 Å². The number of rotatable bonds is 7. The van der Waals surface area contributed by atoms with Gasteiger partial charge in [0.2, 0.25) is 0 Å². The van der Waals surface area contributed by atoms with Crippen molar-refractivity contribution in [3.05, 3.63) is 114 Å². The Balaban J connectivity index is 1.29. The van der Waals surface area contributed by atoms with Gasteiger partial charge in [-0.25, -0.2) is 4.79 Å². The van der Waals surface area contributed by atoms with Crippen molar-refractivity contribution in [3.8, 4) is 0 Å². The Bertz CT molecular complexity index is 1790. The highest BCUT2D eigenvalue weighted by molar-refractivity contribution is 6.05. The lowest BCUT2D eigenvalue weighted by atomic mass is 9.53. The maximum absolute atomic E-state index is 13.9. The van der Waals surface area contributed by atoms with E-state index in [9.17, 15) is 24.9 Å². The second kappa shape index (κ2) is 10.4. The summed E-state index contributed by atoms with van der Waals surface area (Å²) in [5.74, 6) is -5.98. The second-order valence-electron chi connectivity index (χ2n) is 13.9. The highest BCUT2D eigenvalue weighted by Crippen LogP contribution is 2.74. The number of Topliss-reactive ketones (excluding diaryl/α,β-unsaturated/α-hetero) is 1. The van der Waals surface area contributed by atoms with Gasteiger partial charge in [0, 0.05) is 29.4 Å². The number of hydrogen-bond acceptors (Lipinski definition) is 10. The number of allylic oxidation sites excluding steroid dienone is 2. The average Bonchev–Trinajstić information content (AvgIpc) is 3.71. The van der Waals surface area contributed by atoms with Crippen LogP contribution in [0.1, 0.15) is 31.9 Å². The van der Waals surface area contributed by atoms with Crippen LogP contribution in [0.4, 0.5) is 0 Å². The predicted molar refractivity (Wildman–Crippen MR) is 170 cm³/mol. The molecule has 0 radical (unpaired) electrons. The fourth-order valence-corrected chi connectivity index (χ4v) is 9.34. The van der Waals surface area contributed by atoms with E-state index in [0.717, 1.165) is 5.56 Å². The van der Waals surface area contributed by atoms with Gasteiger partial charge in [0.15, 0.2) is 17.0 Å². The first-order chi connectivity index (χ1) is 22.9. The number of carbonyl (C=O) groups is 2. The van der Waals surface area contributed by atoms with Crippen LogP contribution in [0.2, 0.25) is 0 Å².